The number of nitrogens with two attached hydrogens (primary N) is 1. The van der Waals surface area contributed by atoms with E-state index in [2.05, 4.69) is 20.7 Å². The van der Waals surface area contributed by atoms with Gasteiger partial charge >= 0.3 is 0 Å². The summed E-state index contributed by atoms with van der Waals surface area (Å²) in [5.41, 5.74) is 7.03. The van der Waals surface area contributed by atoms with Crippen LogP contribution in [0.3, 0.4) is 0 Å². The Morgan fingerprint density at radius 1 is 1.32 bits per heavy atom. The van der Waals surface area contributed by atoms with Crippen LogP contribution in [0.1, 0.15) is 5.56 Å². The molecule has 0 spiro atoms. The standard InChI is InChI=1S/C11H10BrClN2O2S2/c12-11-9(13)5-10(18-11)19(16,17)15-6-7-1-3-8(14)4-2-7/h1-5,15H,6,14H2. The molecule has 19 heavy (non-hydrogen) atoms. The van der Waals surface area contributed by atoms with Crippen molar-refractivity contribution in [3.8, 4) is 0 Å². The highest BCUT2D eigenvalue weighted by Gasteiger charge is 2.18. The number of halogens is 2. The number of nitrogen functional groups attached to an aromatic ring is 1. The lowest BCUT2D eigenvalue weighted by Gasteiger charge is -2.05. The second kappa shape index (κ2) is 5.80. The molecule has 0 amide bonds. The smallest absolute Gasteiger partial charge is 0.250 e. The van der Waals surface area contributed by atoms with Crippen molar-refractivity contribution in [1.82, 2.24) is 4.72 Å². The predicted molar refractivity (Wildman–Crippen MR) is 81.9 cm³/mol. The summed E-state index contributed by atoms with van der Waals surface area (Å²) in [4.78, 5) is 0. The van der Waals surface area contributed by atoms with Crippen molar-refractivity contribution in [3.05, 3.63) is 44.7 Å². The van der Waals surface area contributed by atoms with E-state index in [-0.39, 0.29) is 10.8 Å². The minimum Gasteiger partial charge on any atom is -0.399 e. The van der Waals surface area contributed by atoms with Gasteiger partial charge in [-0.3, -0.25) is 0 Å². The molecule has 0 fully saturated rings. The minimum atomic E-state index is -3.55. The Labute approximate surface area is 128 Å². The van der Waals surface area contributed by atoms with Crippen LogP contribution < -0.4 is 10.5 Å². The number of nitrogens with one attached hydrogen (secondary N) is 1. The molecule has 4 nitrogen and oxygen atoms in total. The molecule has 0 atom stereocenters. The van der Waals surface area contributed by atoms with Gasteiger partial charge in [0, 0.05) is 12.2 Å². The fraction of sp³-hybridized carbons (Fsp3) is 0.0909. The van der Waals surface area contributed by atoms with E-state index in [0.717, 1.165) is 16.9 Å². The summed E-state index contributed by atoms with van der Waals surface area (Å²) in [6.45, 7) is 0.204. The Morgan fingerprint density at radius 2 is 1.95 bits per heavy atom. The summed E-state index contributed by atoms with van der Waals surface area (Å²) in [5, 5.41) is 0.387. The highest BCUT2D eigenvalue weighted by Crippen LogP contribution is 2.34. The lowest BCUT2D eigenvalue weighted by Crippen LogP contribution is -2.22. The van der Waals surface area contributed by atoms with Crippen molar-refractivity contribution in [2.45, 2.75) is 10.8 Å². The van der Waals surface area contributed by atoms with Crippen LogP contribution in [0.2, 0.25) is 5.02 Å². The molecule has 0 aliphatic carbocycles. The maximum absolute atomic E-state index is 12.0. The second-order valence-electron chi connectivity index (χ2n) is 3.75. The maximum atomic E-state index is 12.0. The zero-order valence-corrected chi connectivity index (χ0v) is 13.5. The summed E-state index contributed by atoms with van der Waals surface area (Å²) in [7, 11) is -3.55. The number of sulfonamides is 1. The van der Waals surface area contributed by atoms with Crippen molar-refractivity contribution in [2.24, 2.45) is 0 Å². The van der Waals surface area contributed by atoms with E-state index in [0.29, 0.717) is 14.5 Å². The Hall–Kier alpha value is -0.600. The molecule has 1 heterocycles. The molecule has 0 saturated carbocycles. The molecular formula is C11H10BrClN2O2S2. The van der Waals surface area contributed by atoms with Gasteiger partial charge in [-0.1, -0.05) is 23.7 Å². The normalized spacial score (nSPS) is 11.7. The van der Waals surface area contributed by atoms with Crippen LogP contribution >= 0.6 is 38.9 Å². The first-order chi connectivity index (χ1) is 8.88. The molecule has 1 aromatic carbocycles. The van der Waals surface area contributed by atoms with E-state index in [9.17, 15) is 8.42 Å². The van der Waals surface area contributed by atoms with E-state index in [1.807, 2.05) is 0 Å². The van der Waals surface area contributed by atoms with E-state index in [4.69, 9.17) is 17.3 Å². The number of hydrogen-bond donors (Lipinski definition) is 2. The van der Waals surface area contributed by atoms with Crippen LogP contribution in [0.5, 0.6) is 0 Å². The summed E-state index contributed by atoms with van der Waals surface area (Å²) >= 11 is 10.1. The van der Waals surface area contributed by atoms with Gasteiger partial charge in [0.2, 0.25) is 10.0 Å². The third-order valence-corrected chi connectivity index (χ3v) is 6.68. The van der Waals surface area contributed by atoms with Gasteiger partial charge in [-0.15, -0.1) is 11.3 Å². The zero-order valence-electron chi connectivity index (χ0n) is 9.56. The SMILES string of the molecule is Nc1ccc(CNS(=O)(=O)c2cc(Cl)c(Br)s2)cc1. The molecule has 0 saturated heterocycles. The van der Waals surface area contributed by atoms with Crippen molar-refractivity contribution < 1.29 is 8.42 Å². The van der Waals surface area contributed by atoms with Gasteiger partial charge in [0.25, 0.3) is 0 Å². The number of benzene rings is 1. The number of rotatable bonds is 4. The average molecular weight is 382 g/mol. The molecule has 1 aromatic heterocycles. The Morgan fingerprint density at radius 3 is 2.47 bits per heavy atom. The average Bonchev–Trinajstić information content (AvgIpc) is 2.70. The molecular weight excluding hydrogens is 372 g/mol. The monoisotopic (exact) mass is 380 g/mol. The molecule has 2 aromatic rings. The van der Waals surface area contributed by atoms with Crippen LogP contribution in [0, 0.1) is 0 Å². The highest BCUT2D eigenvalue weighted by molar-refractivity contribution is 9.11. The zero-order chi connectivity index (χ0) is 14.0. The first kappa shape index (κ1) is 14.8. The number of anilines is 1. The lowest BCUT2D eigenvalue weighted by atomic mass is 10.2. The summed E-state index contributed by atoms with van der Waals surface area (Å²) in [5.74, 6) is 0. The Kier molecular flexibility index (Phi) is 4.52. The fourth-order valence-corrected chi connectivity index (χ4v) is 4.80. The van der Waals surface area contributed by atoms with Gasteiger partial charge in [0.15, 0.2) is 0 Å². The summed E-state index contributed by atoms with van der Waals surface area (Å²) in [6.07, 6.45) is 0. The molecule has 102 valence electrons. The van der Waals surface area contributed by atoms with Crippen LogP contribution in [-0.2, 0) is 16.6 Å². The first-order valence-electron chi connectivity index (χ1n) is 5.17. The molecule has 0 aliphatic rings. The largest absolute Gasteiger partial charge is 0.399 e. The van der Waals surface area contributed by atoms with Crippen LogP contribution in [0.15, 0.2) is 38.3 Å². The van der Waals surface area contributed by atoms with Gasteiger partial charge < -0.3 is 5.73 Å². The summed E-state index contributed by atoms with van der Waals surface area (Å²) < 4.78 is 27.4. The maximum Gasteiger partial charge on any atom is 0.250 e. The van der Waals surface area contributed by atoms with Gasteiger partial charge in [0.05, 0.1) is 8.81 Å². The topological polar surface area (TPSA) is 72.2 Å². The van der Waals surface area contributed by atoms with Crippen molar-refractivity contribution in [1.29, 1.82) is 0 Å². The second-order valence-corrected chi connectivity index (χ2v) is 8.52. The molecule has 3 N–H and O–H groups in total. The fourth-order valence-electron chi connectivity index (χ4n) is 1.34. The van der Waals surface area contributed by atoms with Crippen LogP contribution in [0.4, 0.5) is 5.69 Å². The molecule has 0 radical (unpaired) electrons. The lowest BCUT2D eigenvalue weighted by molar-refractivity contribution is 0.583. The quantitative estimate of drug-likeness (QED) is 0.799. The predicted octanol–water partition coefficient (Wildman–Crippen LogP) is 3.22. The van der Waals surface area contributed by atoms with Crippen LogP contribution in [-0.4, -0.2) is 8.42 Å². The Bertz CT molecular complexity index is 664. The van der Waals surface area contributed by atoms with E-state index >= 15 is 0 Å². The number of hydrogen-bond acceptors (Lipinski definition) is 4. The van der Waals surface area contributed by atoms with Gasteiger partial charge in [-0.25, -0.2) is 13.1 Å². The molecule has 0 aliphatic heterocycles. The molecule has 0 unspecified atom stereocenters. The van der Waals surface area contributed by atoms with Gasteiger partial charge in [-0.05, 0) is 39.7 Å². The van der Waals surface area contributed by atoms with Gasteiger partial charge in [0.1, 0.15) is 4.21 Å². The summed E-state index contributed by atoms with van der Waals surface area (Å²) in [6, 6.07) is 8.41. The van der Waals surface area contributed by atoms with Crippen molar-refractivity contribution >= 4 is 54.6 Å². The van der Waals surface area contributed by atoms with Crippen LogP contribution in [0.25, 0.3) is 0 Å². The van der Waals surface area contributed by atoms with Crippen molar-refractivity contribution in [3.63, 3.8) is 0 Å². The Balaban J connectivity index is 2.11. The van der Waals surface area contributed by atoms with E-state index < -0.39 is 10.0 Å². The van der Waals surface area contributed by atoms with Gasteiger partial charge in [-0.2, -0.15) is 0 Å². The molecule has 8 heteroatoms. The highest BCUT2D eigenvalue weighted by atomic mass is 79.9. The van der Waals surface area contributed by atoms with E-state index in [1.54, 1.807) is 24.3 Å². The molecule has 2 rings (SSSR count). The third-order valence-electron chi connectivity index (χ3n) is 2.33. The van der Waals surface area contributed by atoms with E-state index in [1.165, 1.54) is 6.07 Å². The van der Waals surface area contributed by atoms with Crippen molar-refractivity contribution in [2.75, 3.05) is 5.73 Å². The number of thiophene rings is 1. The third kappa shape index (κ3) is 3.70. The first-order valence-corrected chi connectivity index (χ1v) is 8.64. The molecule has 0 bridgehead atoms. The minimum absolute atomic E-state index is 0.180.